The fourth-order valence-corrected chi connectivity index (χ4v) is 1.84. The third-order valence-corrected chi connectivity index (χ3v) is 3.02. The second-order valence-corrected chi connectivity index (χ2v) is 4.65. The van der Waals surface area contributed by atoms with Crippen LogP contribution >= 0.6 is 11.6 Å². The number of halogens is 1. The van der Waals surface area contributed by atoms with Gasteiger partial charge < -0.3 is 5.32 Å². The molecule has 2 aromatic heterocycles. The highest BCUT2D eigenvalue weighted by Gasteiger charge is 2.13. The van der Waals surface area contributed by atoms with Gasteiger partial charge >= 0.3 is 0 Å². The molecule has 7 heteroatoms. The summed E-state index contributed by atoms with van der Waals surface area (Å²) >= 11 is 5.94. The Labute approximate surface area is 115 Å². The number of aromatic nitrogens is 4. The van der Waals surface area contributed by atoms with Crippen molar-refractivity contribution in [2.45, 2.75) is 27.7 Å². The predicted octanol–water partition coefficient (Wildman–Crippen LogP) is 2.20. The fourth-order valence-electron chi connectivity index (χ4n) is 1.66. The molecule has 0 aliphatic carbocycles. The van der Waals surface area contributed by atoms with Gasteiger partial charge in [0, 0.05) is 18.7 Å². The van der Waals surface area contributed by atoms with E-state index in [1.807, 2.05) is 20.8 Å². The summed E-state index contributed by atoms with van der Waals surface area (Å²) in [4.78, 5) is 19.4. The van der Waals surface area contributed by atoms with E-state index in [0.717, 1.165) is 17.0 Å². The SMILES string of the molecule is CC(=O)Nc1cc(Cl)nc(-n2nc(C)c(C)c2C)n1. The second-order valence-electron chi connectivity index (χ2n) is 4.26. The number of nitrogens with zero attached hydrogens (tertiary/aromatic N) is 4. The zero-order valence-electron chi connectivity index (χ0n) is 11.2. The highest BCUT2D eigenvalue weighted by atomic mass is 35.5. The van der Waals surface area contributed by atoms with Gasteiger partial charge in [0.1, 0.15) is 11.0 Å². The molecule has 19 heavy (non-hydrogen) atoms. The van der Waals surface area contributed by atoms with Crippen molar-refractivity contribution in [2.75, 3.05) is 5.32 Å². The van der Waals surface area contributed by atoms with Crippen molar-refractivity contribution < 1.29 is 4.79 Å². The molecule has 0 atom stereocenters. The first-order valence-electron chi connectivity index (χ1n) is 5.74. The third-order valence-electron chi connectivity index (χ3n) is 2.83. The first-order valence-corrected chi connectivity index (χ1v) is 6.11. The number of hydrogen-bond acceptors (Lipinski definition) is 4. The molecule has 1 N–H and O–H groups in total. The molecule has 0 aliphatic heterocycles. The molecule has 0 bridgehead atoms. The largest absolute Gasteiger partial charge is 0.311 e. The Balaban J connectivity index is 2.52. The molecule has 0 saturated heterocycles. The Hall–Kier alpha value is -1.95. The molecule has 0 aromatic carbocycles. The average Bonchev–Trinajstić information content (AvgIpc) is 2.55. The lowest BCUT2D eigenvalue weighted by Crippen LogP contribution is -2.11. The molecule has 0 aliphatic rings. The van der Waals surface area contributed by atoms with Gasteiger partial charge in [-0.3, -0.25) is 4.79 Å². The van der Waals surface area contributed by atoms with Crippen LogP contribution in [0.2, 0.25) is 5.15 Å². The smallest absolute Gasteiger partial charge is 0.254 e. The zero-order chi connectivity index (χ0) is 14.2. The van der Waals surface area contributed by atoms with Crippen molar-refractivity contribution in [3.8, 4) is 5.95 Å². The monoisotopic (exact) mass is 279 g/mol. The van der Waals surface area contributed by atoms with Crippen LogP contribution in [0.4, 0.5) is 5.82 Å². The lowest BCUT2D eigenvalue weighted by Gasteiger charge is -2.06. The summed E-state index contributed by atoms with van der Waals surface area (Å²) in [5.74, 6) is 0.475. The summed E-state index contributed by atoms with van der Waals surface area (Å²) in [6, 6.07) is 1.49. The molecular formula is C12H14ClN5O. The van der Waals surface area contributed by atoms with E-state index >= 15 is 0 Å². The molecule has 0 fully saturated rings. The van der Waals surface area contributed by atoms with Crippen LogP contribution in [-0.2, 0) is 4.79 Å². The molecule has 1 amide bonds. The van der Waals surface area contributed by atoms with Crippen LogP contribution in [0.15, 0.2) is 6.07 Å². The molecular weight excluding hydrogens is 266 g/mol. The number of rotatable bonds is 2. The topological polar surface area (TPSA) is 72.7 Å². The number of carbonyl (C=O) groups excluding carboxylic acids is 1. The summed E-state index contributed by atoms with van der Waals surface area (Å²) in [7, 11) is 0. The van der Waals surface area contributed by atoms with Gasteiger partial charge in [-0.1, -0.05) is 11.6 Å². The molecule has 0 radical (unpaired) electrons. The summed E-state index contributed by atoms with van der Waals surface area (Å²) in [6.45, 7) is 7.23. The Morgan fingerprint density at radius 1 is 1.32 bits per heavy atom. The quantitative estimate of drug-likeness (QED) is 0.856. The predicted molar refractivity (Wildman–Crippen MR) is 72.7 cm³/mol. The van der Waals surface area contributed by atoms with Gasteiger partial charge in [-0.05, 0) is 26.3 Å². The number of hydrogen-bond donors (Lipinski definition) is 1. The van der Waals surface area contributed by atoms with Crippen molar-refractivity contribution in [1.82, 2.24) is 19.7 Å². The first kappa shape index (κ1) is 13.5. The van der Waals surface area contributed by atoms with Crippen LogP contribution in [-0.4, -0.2) is 25.7 Å². The maximum Gasteiger partial charge on any atom is 0.254 e. The van der Waals surface area contributed by atoms with Gasteiger partial charge in [-0.2, -0.15) is 15.1 Å². The molecule has 0 saturated carbocycles. The summed E-state index contributed by atoms with van der Waals surface area (Å²) in [5, 5.41) is 7.19. The minimum absolute atomic E-state index is 0.217. The highest BCUT2D eigenvalue weighted by Crippen LogP contribution is 2.18. The van der Waals surface area contributed by atoms with E-state index in [-0.39, 0.29) is 11.1 Å². The first-order chi connectivity index (χ1) is 8.88. The van der Waals surface area contributed by atoms with Crippen LogP contribution in [0, 0.1) is 20.8 Å². The number of carbonyl (C=O) groups is 1. The van der Waals surface area contributed by atoms with Gasteiger partial charge in [0.15, 0.2) is 0 Å². The van der Waals surface area contributed by atoms with Crippen LogP contribution < -0.4 is 5.32 Å². The summed E-state index contributed by atoms with van der Waals surface area (Å²) in [6.07, 6.45) is 0. The third kappa shape index (κ3) is 2.73. The van der Waals surface area contributed by atoms with Crippen molar-refractivity contribution >= 4 is 23.3 Å². The number of anilines is 1. The lowest BCUT2D eigenvalue weighted by atomic mass is 10.2. The van der Waals surface area contributed by atoms with Gasteiger partial charge in [-0.25, -0.2) is 4.68 Å². The van der Waals surface area contributed by atoms with Gasteiger partial charge in [0.05, 0.1) is 5.69 Å². The average molecular weight is 280 g/mol. The van der Waals surface area contributed by atoms with Crippen LogP contribution in [0.3, 0.4) is 0 Å². The van der Waals surface area contributed by atoms with Crippen molar-refractivity contribution in [1.29, 1.82) is 0 Å². The van der Waals surface area contributed by atoms with E-state index in [2.05, 4.69) is 20.4 Å². The minimum atomic E-state index is -0.217. The van der Waals surface area contributed by atoms with Crippen LogP contribution in [0.1, 0.15) is 23.9 Å². The lowest BCUT2D eigenvalue weighted by molar-refractivity contribution is -0.114. The van der Waals surface area contributed by atoms with Gasteiger partial charge in [0.2, 0.25) is 5.91 Å². The Bertz CT molecular complexity index is 650. The number of aryl methyl sites for hydroxylation is 1. The standard InChI is InChI=1S/C12H14ClN5O/c1-6-7(2)17-18(8(6)3)12-15-10(13)5-11(16-12)14-9(4)19/h5H,1-4H3,(H,14,15,16,19). The van der Waals surface area contributed by atoms with Crippen LogP contribution in [0.5, 0.6) is 0 Å². The van der Waals surface area contributed by atoms with E-state index in [1.165, 1.54) is 13.0 Å². The highest BCUT2D eigenvalue weighted by molar-refractivity contribution is 6.29. The fraction of sp³-hybridized carbons (Fsp3) is 0.333. The summed E-state index contributed by atoms with van der Waals surface area (Å²) in [5.41, 5.74) is 2.92. The van der Waals surface area contributed by atoms with E-state index in [1.54, 1.807) is 4.68 Å². The molecule has 100 valence electrons. The molecule has 2 heterocycles. The van der Waals surface area contributed by atoms with Gasteiger partial charge in [0.25, 0.3) is 5.95 Å². The van der Waals surface area contributed by atoms with Crippen molar-refractivity contribution in [3.63, 3.8) is 0 Å². The van der Waals surface area contributed by atoms with E-state index < -0.39 is 0 Å². The molecule has 0 spiro atoms. The van der Waals surface area contributed by atoms with Gasteiger partial charge in [-0.15, -0.1) is 0 Å². The molecule has 2 aromatic rings. The Morgan fingerprint density at radius 3 is 2.53 bits per heavy atom. The maximum atomic E-state index is 11.1. The van der Waals surface area contributed by atoms with Crippen molar-refractivity contribution in [2.24, 2.45) is 0 Å². The molecule has 6 nitrogen and oxygen atoms in total. The molecule has 2 rings (SSSR count). The Morgan fingerprint density at radius 2 is 2.00 bits per heavy atom. The normalized spacial score (nSPS) is 10.6. The maximum absolute atomic E-state index is 11.1. The zero-order valence-corrected chi connectivity index (χ0v) is 11.9. The number of nitrogens with one attached hydrogen (secondary N) is 1. The molecule has 0 unspecified atom stereocenters. The van der Waals surface area contributed by atoms with E-state index in [9.17, 15) is 4.79 Å². The van der Waals surface area contributed by atoms with E-state index in [4.69, 9.17) is 11.6 Å². The van der Waals surface area contributed by atoms with Crippen molar-refractivity contribution in [3.05, 3.63) is 28.2 Å². The van der Waals surface area contributed by atoms with Crippen LogP contribution in [0.25, 0.3) is 5.95 Å². The minimum Gasteiger partial charge on any atom is -0.311 e. The summed E-state index contributed by atoms with van der Waals surface area (Å²) < 4.78 is 1.61. The Kier molecular flexibility index (Phi) is 3.53. The number of amides is 1. The van der Waals surface area contributed by atoms with E-state index in [0.29, 0.717) is 11.8 Å². The second kappa shape index (κ2) is 4.97.